The Balaban J connectivity index is 1.97. The normalized spacial score (nSPS) is 10.8. The summed E-state index contributed by atoms with van der Waals surface area (Å²) >= 11 is 6.39. The summed E-state index contributed by atoms with van der Waals surface area (Å²) in [6.45, 7) is 1.86. The van der Waals surface area contributed by atoms with Crippen molar-refractivity contribution < 1.29 is 9.32 Å². The van der Waals surface area contributed by atoms with Crippen LogP contribution in [0.5, 0.6) is 0 Å². The first-order valence-corrected chi connectivity index (χ1v) is 9.72. The van der Waals surface area contributed by atoms with Crippen LogP contribution in [0.2, 0.25) is 5.02 Å². The first-order chi connectivity index (χ1) is 14.6. The predicted octanol–water partition coefficient (Wildman–Crippen LogP) is 5.20. The number of carbonyl (C=O) groups excluding carboxylic acids is 1. The molecule has 0 atom stereocenters. The second-order valence-corrected chi connectivity index (χ2v) is 7.06. The van der Waals surface area contributed by atoms with Crippen molar-refractivity contribution in [1.82, 2.24) is 10.1 Å². The molecule has 0 saturated carbocycles. The summed E-state index contributed by atoms with van der Waals surface area (Å²) in [5.74, 6) is 0.0340. The predicted molar refractivity (Wildman–Crippen MR) is 117 cm³/mol. The Morgan fingerprint density at radius 1 is 1.07 bits per heavy atom. The molecule has 0 saturated heterocycles. The minimum atomic E-state index is -0.253. The highest BCUT2D eigenvalue weighted by Crippen LogP contribution is 2.43. The lowest BCUT2D eigenvalue weighted by atomic mass is 10.00. The van der Waals surface area contributed by atoms with Gasteiger partial charge in [0.25, 0.3) is 0 Å². The van der Waals surface area contributed by atoms with Crippen LogP contribution < -0.4 is 10.6 Å². The molecule has 0 unspecified atom stereocenters. The van der Waals surface area contributed by atoms with Crippen LogP contribution in [0.15, 0.2) is 77.6 Å². The molecule has 0 spiro atoms. The Morgan fingerprint density at radius 2 is 1.83 bits per heavy atom. The highest BCUT2D eigenvalue weighted by atomic mass is 35.5. The molecule has 4 aromatic rings. The summed E-state index contributed by atoms with van der Waals surface area (Å²) in [5, 5.41) is 4.75. The van der Waals surface area contributed by atoms with Gasteiger partial charge in [-0.15, -0.1) is 0 Å². The summed E-state index contributed by atoms with van der Waals surface area (Å²) in [7, 11) is 0. The monoisotopic (exact) mass is 418 g/mol. The van der Waals surface area contributed by atoms with Crippen molar-refractivity contribution in [3.63, 3.8) is 0 Å². The molecule has 2 N–H and O–H groups in total. The molecular weight excluding hydrogens is 400 g/mol. The van der Waals surface area contributed by atoms with Crippen molar-refractivity contribution in [3.8, 4) is 22.4 Å². The SMILES string of the molecule is CC(=O)N(c1ccccc1Cl)c1onc(-c2cccc(CN)c2)c1-c1ccncc1. The number of carbonyl (C=O) groups is 1. The summed E-state index contributed by atoms with van der Waals surface area (Å²) in [4.78, 5) is 18.2. The zero-order valence-corrected chi connectivity index (χ0v) is 17.0. The lowest BCUT2D eigenvalue weighted by Gasteiger charge is -2.20. The zero-order chi connectivity index (χ0) is 21.1. The average molecular weight is 419 g/mol. The summed E-state index contributed by atoms with van der Waals surface area (Å²) in [6, 6.07) is 18.5. The Labute approximate surface area is 178 Å². The molecule has 0 bridgehead atoms. The van der Waals surface area contributed by atoms with Crippen molar-refractivity contribution in [1.29, 1.82) is 0 Å². The van der Waals surface area contributed by atoms with Crippen molar-refractivity contribution in [3.05, 3.63) is 83.6 Å². The largest absolute Gasteiger partial charge is 0.337 e. The Hall–Kier alpha value is -3.48. The van der Waals surface area contributed by atoms with Gasteiger partial charge in [0.2, 0.25) is 11.8 Å². The minimum absolute atomic E-state index is 0.253. The zero-order valence-electron chi connectivity index (χ0n) is 16.2. The third kappa shape index (κ3) is 3.70. The van der Waals surface area contributed by atoms with Gasteiger partial charge in [-0.05, 0) is 41.5 Å². The van der Waals surface area contributed by atoms with Gasteiger partial charge in [0.1, 0.15) is 5.69 Å². The first-order valence-electron chi connectivity index (χ1n) is 9.35. The van der Waals surface area contributed by atoms with Crippen molar-refractivity contribution >= 4 is 29.1 Å². The van der Waals surface area contributed by atoms with E-state index < -0.39 is 0 Å². The fraction of sp³-hybridized carbons (Fsp3) is 0.0870. The van der Waals surface area contributed by atoms with Crippen LogP contribution in [0.25, 0.3) is 22.4 Å². The number of para-hydroxylation sites is 1. The molecule has 2 aromatic heterocycles. The molecule has 0 fully saturated rings. The van der Waals surface area contributed by atoms with E-state index in [0.717, 1.165) is 16.7 Å². The second-order valence-electron chi connectivity index (χ2n) is 6.66. The van der Waals surface area contributed by atoms with Gasteiger partial charge in [0.05, 0.1) is 16.3 Å². The van der Waals surface area contributed by atoms with E-state index in [1.54, 1.807) is 30.6 Å². The lowest BCUT2D eigenvalue weighted by molar-refractivity contribution is -0.116. The maximum Gasteiger partial charge on any atom is 0.247 e. The number of nitrogens with two attached hydrogens (primary N) is 1. The van der Waals surface area contributed by atoms with Gasteiger partial charge in [-0.2, -0.15) is 0 Å². The molecule has 0 aliphatic rings. The number of aromatic nitrogens is 2. The molecule has 0 radical (unpaired) electrons. The topological polar surface area (TPSA) is 85.2 Å². The second kappa shape index (κ2) is 8.49. The molecule has 0 aliphatic carbocycles. The molecule has 2 aromatic carbocycles. The first kappa shape index (κ1) is 19.8. The number of rotatable bonds is 5. The molecular formula is C23H19ClN4O2. The van der Waals surface area contributed by atoms with Crippen LogP contribution in [-0.4, -0.2) is 16.0 Å². The van der Waals surface area contributed by atoms with Gasteiger partial charge in [-0.25, -0.2) is 4.90 Å². The lowest BCUT2D eigenvalue weighted by Crippen LogP contribution is -2.23. The molecule has 6 nitrogen and oxygen atoms in total. The fourth-order valence-corrected chi connectivity index (χ4v) is 3.53. The average Bonchev–Trinajstić information content (AvgIpc) is 3.20. The third-order valence-electron chi connectivity index (χ3n) is 4.69. The Kier molecular flexibility index (Phi) is 5.61. The van der Waals surface area contributed by atoms with Crippen molar-refractivity contribution in [2.75, 3.05) is 4.90 Å². The van der Waals surface area contributed by atoms with E-state index in [4.69, 9.17) is 21.9 Å². The summed E-state index contributed by atoms with van der Waals surface area (Å²) < 4.78 is 5.76. The number of nitrogens with zero attached hydrogens (tertiary/aromatic N) is 3. The molecule has 0 aliphatic heterocycles. The Bertz CT molecular complexity index is 1190. The van der Waals surface area contributed by atoms with Gasteiger partial charge in [-0.1, -0.05) is 47.1 Å². The maximum atomic E-state index is 12.7. The van der Waals surface area contributed by atoms with Crippen LogP contribution in [0.3, 0.4) is 0 Å². The summed E-state index contributed by atoms with van der Waals surface area (Å²) in [6.07, 6.45) is 3.36. The van der Waals surface area contributed by atoms with Gasteiger partial charge in [0.15, 0.2) is 0 Å². The van der Waals surface area contributed by atoms with Crippen molar-refractivity contribution in [2.24, 2.45) is 5.73 Å². The number of halogens is 1. The minimum Gasteiger partial charge on any atom is -0.337 e. The summed E-state index contributed by atoms with van der Waals surface area (Å²) in [5.41, 5.74) is 10.2. The fourth-order valence-electron chi connectivity index (χ4n) is 3.31. The van der Waals surface area contributed by atoms with E-state index in [0.29, 0.717) is 28.5 Å². The van der Waals surface area contributed by atoms with Crippen LogP contribution in [0.1, 0.15) is 12.5 Å². The van der Waals surface area contributed by atoms with E-state index in [9.17, 15) is 4.79 Å². The van der Waals surface area contributed by atoms with Crippen LogP contribution in [-0.2, 0) is 11.3 Å². The molecule has 30 heavy (non-hydrogen) atoms. The quantitative estimate of drug-likeness (QED) is 0.481. The van der Waals surface area contributed by atoms with E-state index >= 15 is 0 Å². The number of hydrogen-bond acceptors (Lipinski definition) is 5. The number of anilines is 2. The van der Waals surface area contributed by atoms with Gasteiger partial charge in [-0.3, -0.25) is 9.78 Å². The van der Waals surface area contributed by atoms with Crippen LogP contribution >= 0.6 is 11.6 Å². The van der Waals surface area contributed by atoms with Crippen molar-refractivity contribution in [2.45, 2.75) is 13.5 Å². The highest BCUT2D eigenvalue weighted by Gasteiger charge is 2.28. The molecule has 2 heterocycles. The number of hydrogen-bond donors (Lipinski definition) is 1. The highest BCUT2D eigenvalue weighted by molar-refractivity contribution is 6.34. The van der Waals surface area contributed by atoms with Crippen LogP contribution in [0, 0.1) is 0 Å². The van der Waals surface area contributed by atoms with Crippen LogP contribution in [0.4, 0.5) is 11.6 Å². The smallest absolute Gasteiger partial charge is 0.247 e. The number of pyridine rings is 1. The van der Waals surface area contributed by atoms with Gasteiger partial charge >= 0.3 is 0 Å². The molecule has 4 rings (SSSR count). The Morgan fingerprint density at radius 3 is 2.53 bits per heavy atom. The van der Waals surface area contributed by atoms with E-state index in [1.165, 1.54) is 11.8 Å². The van der Waals surface area contributed by atoms with Gasteiger partial charge < -0.3 is 10.3 Å². The van der Waals surface area contributed by atoms with E-state index in [2.05, 4.69) is 10.1 Å². The standard InChI is InChI=1S/C23H19ClN4O2/c1-15(29)28(20-8-3-2-7-19(20)24)23-21(17-9-11-26-12-10-17)22(27-30-23)18-6-4-5-16(13-18)14-25/h2-13H,14,25H2,1H3. The van der Waals surface area contributed by atoms with Gasteiger partial charge in [0, 0.05) is 31.4 Å². The third-order valence-corrected chi connectivity index (χ3v) is 5.01. The maximum absolute atomic E-state index is 12.7. The molecule has 7 heteroatoms. The molecule has 150 valence electrons. The number of amides is 1. The van der Waals surface area contributed by atoms with E-state index in [1.807, 2.05) is 42.5 Å². The number of benzene rings is 2. The molecule has 1 amide bonds. The van der Waals surface area contributed by atoms with E-state index in [-0.39, 0.29) is 11.8 Å².